The highest BCUT2D eigenvalue weighted by molar-refractivity contribution is 7.89. The van der Waals surface area contributed by atoms with E-state index in [2.05, 4.69) is 10.0 Å². The largest absolute Gasteiger partial charge is 0.483 e. The minimum absolute atomic E-state index is 0.166. The maximum absolute atomic E-state index is 12.1. The summed E-state index contributed by atoms with van der Waals surface area (Å²) < 4.78 is 32.3. The Hall–Kier alpha value is -2.09. The van der Waals surface area contributed by atoms with Crippen LogP contribution < -0.4 is 14.8 Å². The Balaban J connectivity index is 1.99. The lowest BCUT2D eigenvalue weighted by Crippen LogP contribution is -2.24. The molecule has 0 spiro atoms. The zero-order valence-corrected chi connectivity index (χ0v) is 17.1. The molecule has 6 nitrogen and oxygen atoms in total. The number of hydrogen-bond acceptors (Lipinski definition) is 4. The highest BCUT2D eigenvalue weighted by Crippen LogP contribution is 2.22. The molecule has 0 aliphatic rings. The number of amides is 1. The molecule has 8 heteroatoms. The van der Waals surface area contributed by atoms with Crippen molar-refractivity contribution in [2.45, 2.75) is 32.1 Å². The van der Waals surface area contributed by atoms with Crippen LogP contribution in [0.5, 0.6) is 5.75 Å². The summed E-state index contributed by atoms with van der Waals surface area (Å²) in [5.41, 5.74) is 2.13. The third-order valence-corrected chi connectivity index (χ3v) is 5.68. The second kappa shape index (κ2) is 9.21. The van der Waals surface area contributed by atoms with Crippen molar-refractivity contribution in [3.8, 4) is 5.75 Å². The monoisotopic (exact) mass is 410 g/mol. The fourth-order valence-electron chi connectivity index (χ4n) is 2.28. The summed E-state index contributed by atoms with van der Waals surface area (Å²) in [6.45, 7) is 5.67. The van der Waals surface area contributed by atoms with E-state index in [1.54, 1.807) is 25.1 Å². The standard InChI is InChI=1S/C19H23ClN2O4S/c1-4-9-21-27(24,25)16-7-8-18(14(3)10-16)26-12-19(23)22-15-6-5-13(2)17(20)11-15/h5-8,10-11,21H,4,9,12H2,1-3H3,(H,22,23). The molecule has 2 rings (SSSR count). The van der Waals surface area contributed by atoms with Gasteiger partial charge in [-0.05, 0) is 61.7 Å². The van der Waals surface area contributed by atoms with Crippen LogP contribution in [0.25, 0.3) is 0 Å². The van der Waals surface area contributed by atoms with Gasteiger partial charge in [-0.3, -0.25) is 4.79 Å². The molecule has 0 radical (unpaired) electrons. The number of benzene rings is 2. The summed E-state index contributed by atoms with van der Waals surface area (Å²) >= 11 is 6.04. The molecule has 0 fully saturated rings. The average Bonchev–Trinajstić information content (AvgIpc) is 2.62. The molecule has 1 amide bonds. The van der Waals surface area contributed by atoms with Crippen LogP contribution in [0.15, 0.2) is 41.3 Å². The number of nitrogens with one attached hydrogen (secondary N) is 2. The number of sulfonamides is 1. The molecule has 0 aliphatic carbocycles. The van der Waals surface area contributed by atoms with Crippen LogP contribution in [0.3, 0.4) is 0 Å². The van der Waals surface area contributed by atoms with Gasteiger partial charge in [-0.2, -0.15) is 0 Å². The number of hydrogen-bond donors (Lipinski definition) is 2. The van der Waals surface area contributed by atoms with Gasteiger partial charge in [0.1, 0.15) is 5.75 Å². The van der Waals surface area contributed by atoms with Crippen LogP contribution in [0.1, 0.15) is 24.5 Å². The van der Waals surface area contributed by atoms with E-state index in [0.717, 1.165) is 5.56 Å². The minimum atomic E-state index is -3.54. The zero-order chi connectivity index (χ0) is 20.0. The first-order chi connectivity index (χ1) is 12.7. The number of ether oxygens (including phenoxy) is 1. The van der Waals surface area contributed by atoms with E-state index < -0.39 is 10.0 Å². The van der Waals surface area contributed by atoms with E-state index >= 15 is 0 Å². The molecular formula is C19H23ClN2O4S. The molecule has 2 aromatic rings. The molecule has 0 unspecified atom stereocenters. The zero-order valence-electron chi connectivity index (χ0n) is 15.5. The van der Waals surface area contributed by atoms with Gasteiger partial charge in [0.15, 0.2) is 6.61 Å². The van der Waals surface area contributed by atoms with Gasteiger partial charge in [-0.1, -0.05) is 24.6 Å². The van der Waals surface area contributed by atoms with E-state index in [4.69, 9.17) is 16.3 Å². The molecule has 0 aromatic heterocycles. The number of aryl methyl sites for hydroxylation is 2. The molecule has 0 aliphatic heterocycles. The van der Waals surface area contributed by atoms with Crippen LogP contribution >= 0.6 is 11.6 Å². The second-order valence-corrected chi connectivity index (χ2v) is 8.30. The normalized spacial score (nSPS) is 11.3. The smallest absolute Gasteiger partial charge is 0.262 e. The topological polar surface area (TPSA) is 84.5 Å². The number of rotatable bonds is 8. The summed E-state index contributed by atoms with van der Waals surface area (Å²) in [5, 5.41) is 3.27. The van der Waals surface area contributed by atoms with Gasteiger partial charge >= 0.3 is 0 Å². The summed E-state index contributed by atoms with van der Waals surface area (Å²) in [4.78, 5) is 12.2. The average molecular weight is 411 g/mol. The van der Waals surface area contributed by atoms with Crippen LogP contribution in [0.2, 0.25) is 5.02 Å². The van der Waals surface area contributed by atoms with E-state index in [9.17, 15) is 13.2 Å². The van der Waals surface area contributed by atoms with Crippen molar-refractivity contribution in [3.05, 3.63) is 52.5 Å². The van der Waals surface area contributed by atoms with Crippen molar-refractivity contribution < 1.29 is 17.9 Å². The predicted molar refractivity (Wildman–Crippen MR) is 107 cm³/mol. The van der Waals surface area contributed by atoms with Crippen molar-refractivity contribution in [1.29, 1.82) is 0 Å². The maximum atomic E-state index is 12.1. The first kappa shape index (κ1) is 21.2. The van der Waals surface area contributed by atoms with E-state index in [1.165, 1.54) is 12.1 Å². The summed E-state index contributed by atoms with van der Waals surface area (Å²) in [6, 6.07) is 9.76. The number of carbonyl (C=O) groups excluding carboxylic acids is 1. The third kappa shape index (κ3) is 5.95. The molecule has 0 saturated heterocycles. The van der Waals surface area contributed by atoms with Gasteiger partial charge in [0, 0.05) is 17.3 Å². The van der Waals surface area contributed by atoms with Crippen molar-refractivity contribution >= 4 is 33.2 Å². The molecule has 2 aromatic carbocycles. The Kier molecular flexibility index (Phi) is 7.24. The molecule has 146 valence electrons. The van der Waals surface area contributed by atoms with E-state index in [-0.39, 0.29) is 17.4 Å². The molecule has 0 heterocycles. The minimum Gasteiger partial charge on any atom is -0.483 e. The van der Waals surface area contributed by atoms with Gasteiger partial charge in [0.05, 0.1) is 4.90 Å². The number of anilines is 1. The van der Waals surface area contributed by atoms with Crippen molar-refractivity contribution in [3.63, 3.8) is 0 Å². The Labute approximate surface area is 164 Å². The number of carbonyl (C=O) groups is 1. The SMILES string of the molecule is CCCNS(=O)(=O)c1ccc(OCC(=O)Nc2ccc(C)c(Cl)c2)c(C)c1. The van der Waals surface area contributed by atoms with Crippen molar-refractivity contribution in [2.75, 3.05) is 18.5 Å². The van der Waals surface area contributed by atoms with Crippen molar-refractivity contribution in [2.24, 2.45) is 0 Å². The Morgan fingerprint density at radius 3 is 2.48 bits per heavy atom. The second-order valence-electron chi connectivity index (χ2n) is 6.13. The quantitative estimate of drug-likeness (QED) is 0.695. The first-order valence-corrected chi connectivity index (χ1v) is 10.4. The lowest BCUT2D eigenvalue weighted by molar-refractivity contribution is -0.118. The molecule has 0 saturated carbocycles. The third-order valence-electron chi connectivity index (χ3n) is 3.81. The fraction of sp³-hybridized carbons (Fsp3) is 0.316. The Bertz CT molecular complexity index is 929. The first-order valence-electron chi connectivity index (χ1n) is 8.52. The Morgan fingerprint density at radius 1 is 1.11 bits per heavy atom. The maximum Gasteiger partial charge on any atom is 0.262 e. The van der Waals surface area contributed by atoms with Crippen LogP contribution in [0, 0.1) is 13.8 Å². The molecule has 0 atom stereocenters. The van der Waals surface area contributed by atoms with Crippen LogP contribution in [-0.4, -0.2) is 27.5 Å². The Morgan fingerprint density at radius 2 is 1.85 bits per heavy atom. The predicted octanol–water partition coefficient (Wildman–Crippen LogP) is 3.66. The van der Waals surface area contributed by atoms with E-state index in [1.807, 2.05) is 19.9 Å². The molecule has 0 bridgehead atoms. The summed E-state index contributed by atoms with van der Waals surface area (Å²) in [7, 11) is -3.54. The van der Waals surface area contributed by atoms with Crippen LogP contribution in [-0.2, 0) is 14.8 Å². The lowest BCUT2D eigenvalue weighted by atomic mass is 10.2. The molecular weight excluding hydrogens is 388 g/mol. The van der Waals surface area contributed by atoms with Crippen LogP contribution in [0.4, 0.5) is 5.69 Å². The number of halogens is 1. The molecule has 27 heavy (non-hydrogen) atoms. The van der Waals surface area contributed by atoms with Gasteiger partial charge in [-0.25, -0.2) is 13.1 Å². The van der Waals surface area contributed by atoms with Gasteiger partial charge in [0.2, 0.25) is 10.0 Å². The highest BCUT2D eigenvalue weighted by atomic mass is 35.5. The van der Waals surface area contributed by atoms with Gasteiger partial charge in [-0.15, -0.1) is 0 Å². The highest BCUT2D eigenvalue weighted by Gasteiger charge is 2.15. The summed E-state index contributed by atoms with van der Waals surface area (Å²) in [6.07, 6.45) is 0.709. The molecule has 2 N–H and O–H groups in total. The van der Waals surface area contributed by atoms with E-state index in [0.29, 0.717) is 35.0 Å². The lowest BCUT2D eigenvalue weighted by Gasteiger charge is -2.12. The van der Waals surface area contributed by atoms with Crippen molar-refractivity contribution in [1.82, 2.24) is 4.72 Å². The summed E-state index contributed by atoms with van der Waals surface area (Å²) in [5.74, 6) is 0.108. The van der Waals surface area contributed by atoms with Gasteiger partial charge in [0.25, 0.3) is 5.91 Å². The fourth-order valence-corrected chi connectivity index (χ4v) is 3.68. The van der Waals surface area contributed by atoms with Gasteiger partial charge < -0.3 is 10.1 Å².